The van der Waals surface area contributed by atoms with E-state index in [2.05, 4.69) is 12.6 Å². The molecule has 16 heavy (non-hydrogen) atoms. The summed E-state index contributed by atoms with van der Waals surface area (Å²) in [5.74, 6) is -1.31. The number of carboxylic acid groups (broad SMARTS) is 2. The minimum absolute atomic E-state index is 0.0868. The molecule has 0 aliphatic rings. The number of rotatable bonds is 4. The van der Waals surface area contributed by atoms with Crippen LogP contribution in [0.5, 0.6) is 0 Å². The Morgan fingerprint density at radius 2 is 1.81 bits per heavy atom. The highest BCUT2D eigenvalue weighted by molar-refractivity contribution is 7.80. The molecule has 1 amide bonds. The van der Waals surface area contributed by atoms with Crippen molar-refractivity contribution in [2.24, 2.45) is 0 Å². The molecule has 0 saturated heterocycles. The van der Waals surface area contributed by atoms with E-state index in [1.165, 1.54) is 12.1 Å². The average molecular weight is 241 g/mol. The Morgan fingerprint density at radius 1 is 1.25 bits per heavy atom. The SMILES string of the molecule is O=C(O)[C@H](CS)N(C(=O)O)c1ccccc1. The number of hydrogen-bond donors (Lipinski definition) is 3. The van der Waals surface area contributed by atoms with Gasteiger partial charge in [-0.3, -0.25) is 4.90 Å². The number of amides is 1. The van der Waals surface area contributed by atoms with E-state index in [9.17, 15) is 9.59 Å². The molecule has 5 nitrogen and oxygen atoms in total. The summed E-state index contributed by atoms with van der Waals surface area (Å²) >= 11 is 3.85. The smallest absolute Gasteiger partial charge is 0.412 e. The van der Waals surface area contributed by atoms with Gasteiger partial charge in [0.15, 0.2) is 0 Å². The number of aliphatic carboxylic acids is 1. The quantitative estimate of drug-likeness (QED) is 0.699. The van der Waals surface area contributed by atoms with E-state index in [1.54, 1.807) is 18.2 Å². The van der Waals surface area contributed by atoms with E-state index in [0.29, 0.717) is 5.69 Å². The summed E-state index contributed by atoms with van der Waals surface area (Å²) < 4.78 is 0. The van der Waals surface area contributed by atoms with Gasteiger partial charge in [0.1, 0.15) is 6.04 Å². The van der Waals surface area contributed by atoms with E-state index in [1.807, 2.05) is 0 Å². The average Bonchev–Trinajstić information content (AvgIpc) is 2.25. The van der Waals surface area contributed by atoms with Gasteiger partial charge in [-0.15, -0.1) is 0 Å². The third-order valence-corrected chi connectivity index (χ3v) is 2.36. The predicted octanol–water partition coefficient (Wildman–Crippen LogP) is 1.55. The molecule has 0 aliphatic carbocycles. The number of hydrogen-bond acceptors (Lipinski definition) is 3. The van der Waals surface area contributed by atoms with Gasteiger partial charge in [-0.1, -0.05) is 18.2 Å². The number of carbonyl (C=O) groups is 2. The Bertz CT molecular complexity index is 382. The highest BCUT2D eigenvalue weighted by Gasteiger charge is 2.29. The van der Waals surface area contributed by atoms with Gasteiger partial charge in [-0.05, 0) is 12.1 Å². The van der Waals surface area contributed by atoms with Crippen LogP contribution in [0.2, 0.25) is 0 Å². The van der Waals surface area contributed by atoms with Crippen molar-refractivity contribution >= 4 is 30.4 Å². The summed E-state index contributed by atoms with van der Waals surface area (Å²) in [5, 5.41) is 17.9. The highest BCUT2D eigenvalue weighted by atomic mass is 32.1. The lowest BCUT2D eigenvalue weighted by atomic mass is 10.2. The van der Waals surface area contributed by atoms with Gasteiger partial charge in [0.05, 0.1) is 0 Å². The van der Waals surface area contributed by atoms with Crippen molar-refractivity contribution in [1.82, 2.24) is 0 Å². The van der Waals surface area contributed by atoms with Crippen molar-refractivity contribution in [3.8, 4) is 0 Å². The number of para-hydroxylation sites is 1. The summed E-state index contributed by atoms with van der Waals surface area (Å²) in [6, 6.07) is 6.88. The molecule has 1 aromatic rings. The molecule has 2 N–H and O–H groups in total. The van der Waals surface area contributed by atoms with Crippen LogP contribution in [0.3, 0.4) is 0 Å². The Hall–Kier alpha value is -1.69. The van der Waals surface area contributed by atoms with Gasteiger partial charge in [0.25, 0.3) is 0 Å². The lowest BCUT2D eigenvalue weighted by Crippen LogP contribution is -2.46. The monoisotopic (exact) mass is 241 g/mol. The van der Waals surface area contributed by atoms with Crippen LogP contribution in [0.15, 0.2) is 30.3 Å². The van der Waals surface area contributed by atoms with E-state index >= 15 is 0 Å². The molecule has 86 valence electrons. The zero-order valence-electron chi connectivity index (χ0n) is 8.28. The lowest BCUT2D eigenvalue weighted by molar-refractivity contribution is -0.137. The van der Waals surface area contributed by atoms with Gasteiger partial charge < -0.3 is 10.2 Å². The maximum atomic E-state index is 11.0. The number of carboxylic acids is 1. The van der Waals surface area contributed by atoms with Crippen LogP contribution in [0.4, 0.5) is 10.5 Å². The molecule has 1 atom stereocenters. The van der Waals surface area contributed by atoms with Crippen LogP contribution >= 0.6 is 12.6 Å². The summed E-state index contributed by atoms with van der Waals surface area (Å²) in [6.45, 7) is 0. The molecule has 6 heteroatoms. The lowest BCUT2D eigenvalue weighted by Gasteiger charge is -2.24. The Balaban J connectivity index is 3.09. The minimum Gasteiger partial charge on any atom is -0.480 e. The Labute approximate surface area is 97.7 Å². The molecule has 1 rings (SSSR count). The molecule has 0 radical (unpaired) electrons. The number of thiol groups is 1. The van der Waals surface area contributed by atoms with E-state index in [0.717, 1.165) is 4.90 Å². The predicted molar refractivity (Wildman–Crippen MR) is 62.2 cm³/mol. The maximum absolute atomic E-state index is 11.0. The highest BCUT2D eigenvalue weighted by Crippen LogP contribution is 2.17. The van der Waals surface area contributed by atoms with Crippen LogP contribution in [0.25, 0.3) is 0 Å². The Morgan fingerprint density at radius 3 is 2.19 bits per heavy atom. The third kappa shape index (κ3) is 2.66. The topological polar surface area (TPSA) is 77.8 Å². The summed E-state index contributed by atoms with van der Waals surface area (Å²) in [5.41, 5.74) is 0.316. The summed E-state index contributed by atoms with van der Waals surface area (Å²) in [6.07, 6.45) is -1.31. The van der Waals surface area contributed by atoms with Gasteiger partial charge >= 0.3 is 12.1 Å². The third-order valence-electron chi connectivity index (χ3n) is 2.01. The number of anilines is 1. The van der Waals surface area contributed by atoms with E-state index < -0.39 is 18.1 Å². The van der Waals surface area contributed by atoms with Crippen LogP contribution in [-0.4, -0.2) is 34.1 Å². The van der Waals surface area contributed by atoms with Crippen molar-refractivity contribution in [1.29, 1.82) is 0 Å². The van der Waals surface area contributed by atoms with Gasteiger partial charge in [0.2, 0.25) is 0 Å². The molecule has 0 unspecified atom stereocenters. The van der Waals surface area contributed by atoms with Crippen molar-refractivity contribution < 1.29 is 19.8 Å². The first-order valence-electron chi connectivity index (χ1n) is 4.48. The van der Waals surface area contributed by atoms with E-state index in [-0.39, 0.29) is 5.75 Å². The number of benzene rings is 1. The van der Waals surface area contributed by atoms with Crippen molar-refractivity contribution in [2.75, 3.05) is 10.7 Å². The minimum atomic E-state index is -1.31. The van der Waals surface area contributed by atoms with Gasteiger partial charge in [0, 0.05) is 11.4 Å². The fourth-order valence-corrected chi connectivity index (χ4v) is 1.60. The van der Waals surface area contributed by atoms with Crippen LogP contribution in [0, 0.1) is 0 Å². The van der Waals surface area contributed by atoms with Crippen molar-refractivity contribution in [3.05, 3.63) is 30.3 Å². The number of nitrogens with zero attached hydrogens (tertiary/aromatic N) is 1. The molecule has 0 spiro atoms. The molecular formula is C10H11NO4S. The first-order chi connectivity index (χ1) is 7.57. The largest absolute Gasteiger partial charge is 0.480 e. The standard InChI is InChI=1S/C10H11NO4S/c12-9(13)8(6-16)11(10(14)15)7-4-2-1-3-5-7/h1-5,8,16H,6H2,(H,12,13)(H,14,15)/t8-/m0/s1. The maximum Gasteiger partial charge on any atom is 0.412 e. The first kappa shape index (κ1) is 12.4. The zero-order valence-corrected chi connectivity index (χ0v) is 9.17. The van der Waals surface area contributed by atoms with Crippen LogP contribution in [0.1, 0.15) is 0 Å². The van der Waals surface area contributed by atoms with Gasteiger partial charge in [-0.25, -0.2) is 9.59 Å². The molecular weight excluding hydrogens is 230 g/mol. The van der Waals surface area contributed by atoms with Crippen molar-refractivity contribution in [2.45, 2.75) is 6.04 Å². The molecule has 0 saturated carbocycles. The molecule has 0 aromatic heterocycles. The van der Waals surface area contributed by atoms with Crippen LogP contribution < -0.4 is 4.90 Å². The second kappa shape index (κ2) is 5.41. The second-order valence-corrected chi connectivity index (χ2v) is 3.39. The fraction of sp³-hybridized carbons (Fsp3) is 0.200. The first-order valence-corrected chi connectivity index (χ1v) is 5.12. The second-order valence-electron chi connectivity index (χ2n) is 3.02. The summed E-state index contributed by atoms with van der Waals surface area (Å²) in [4.78, 5) is 22.7. The van der Waals surface area contributed by atoms with Crippen LogP contribution in [-0.2, 0) is 4.79 Å². The molecule has 0 fully saturated rings. The molecule has 1 aromatic carbocycles. The van der Waals surface area contributed by atoms with Gasteiger partial charge in [-0.2, -0.15) is 12.6 Å². The molecule has 0 heterocycles. The fourth-order valence-electron chi connectivity index (χ4n) is 1.28. The molecule has 0 aliphatic heterocycles. The normalized spacial score (nSPS) is 11.8. The van der Waals surface area contributed by atoms with E-state index in [4.69, 9.17) is 10.2 Å². The molecule has 0 bridgehead atoms. The summed E-state index contributed by atoms with van der Waals surface area (Å²) in [7, 11) is 0. The van der Waals surface area contributed by atoms with Crippen molar-refractivity contribution in [3.63, 3.8) is 0 Å². The zero-order chi connectivity index (χ0) is 12.1. The Kier molecular flexibility index (Phi) is 4.19.